The maximum Gasteiger partial charge on any atom is 0.309 e. The summed E-state index contributed by atoms with van der Waals surface area (Å²) in [5, 5.41) is 9.73. The van der Waals surface area contributed by atoms with Crippen LogP contribution in [0.4, 0.5) is 0 Å². The minimum atomic E-state index is -0.879. The molecule has 0 bridgehead atoms. The minimum Gasteiger partial charge on any atom is -0.481 e. The standard InChI is InChI=1S/C10H16BrNO3/c1-9(8(14)15)4-3-6(7(12)13)10(9,2)5-11/h6H,3-5H2,1-2H3,(H2,12,13)(H,14,15)/t6-,9+,10-/m0/s1. The quantitative estimate of drug-likeness (QED) is 0.765. The van der Waals surface area contributed by atoms with Gasteiger partial charge in [-0.3, -0.25) is 9.59 Å². The lowest BCUT2D eigenvalue weighted by molar-refractivity contribution is -0.154. The van der Waals surface area contributed by atoms with E-state index in [4.69, 9.17) is 5.73 Å². The Morgan fingerprint density at radius 3 is 2.40 bits per heavy atom. The molecular formula is C10H16BrNO3. The summed E-state index contributed by atoms with van der Waals surface area (Å²) in [6, 6.07) is 0. The molecule has 1 fully saturated rings. The van der Waals surface area contributed by atoms with Gasteiger partial charge in [-0.15, -0.1) is 0 Å². The van der Waals surface area contributed by atoms with E-state index in [1.165, 1.54) is 0 Å². The van der Waals surface area contributed by atoms with E-state index in [2.05, 4.69) is 15.9 Å². The highest BCUT2D eigenvalue weighted by Crippen LogP contribution is 2.56. The van der Waals surface area contributed by atoms with Crippen LogP contribution in [0.3, 0.4) is 0 Å². The molecule has 1 aliphatic rings. The van der Waals surface area contributed by atoms with E-state index in [1.54, 1.807) is 6.92 Å². The van der Waals surface area contributed by atoms with Crippen molar-refractivity contribution in [2.24, 2.45) is 22.5 Å². The zero-order valence-corrected chi connectivity index (χ0v) is 10.5. The van der Waals surface area contributed by atoms with Crippen LogP contribution in [0.1, 0.15) is 26.7 Å². The van der Waals surface area contributed by atoms with Gasteiger partial charge in [0.1, 0.15) is 0 Å². The largest absolute Gasteiger partial charge is 0.481 e. The molecule has 0 aromatic carbocycles. The highest BCUT2D eigenvalue weighted by molar-refractivity contribution is 9.09. The SMILES string of the molecule is C[C@]1(CBr)[C@H](C(N)=O)CC[C@]1(C)C(=O)O. The number of amides is 1. The molecule has 0 radical (unpaired) electrons. The molecule has 0 saturated heterocycles. The number of halogens is 1. The van der Waals surface area contributed by atoms with Crippen molar-refractivity contribution >= 4 is 27.8 Å². The van der Waals surface area contributed by atoms with Gasteiger partial charge in [-0.2, -0.15) is 0 Å². The third-order valence-corrected chi connectivity index (χ3v) is 5.22. The Morgan fingerprint density at radius 1 is 1.53 bits per heavy atom. The van der Waals surface area contributed by atoms with Crippen molar-refractivity contribution in [1.29, 1.82) is 0 Å². The Kier molecular flexibility index (Phi) is 3.14. The zero-order valence-electron chi connectivity index (χ0n) is 8.92. The fourth-order valence-electron chi connectivity index (χ4n) is 2.47. The van der Waals surface area contributed by atoms with E-state index < -0.39 is 22.7 Å². The van der Waals surface area contributed by atoms with Gasteiger partial charge in [0.25, 0.3) is 0 Å². The molecule has 0 aromatic heterocycles. The second-order valence-corrected chi connectivity index (χ2v) is 5.24. The van der Waals surface area contributed by atoms with E-state index in [0.717, 1.165) is 0 Å². The molecular weight excluding hydrogens is 262 g/mol. The van der Waals surface area contributed by atoms with Crippen LogP contribution in [0.2, 0.25) is 0 Å². The maximum atomic E-state index is 11.3. The van der Waals surface area contributed by atoms with Crippen LogP contribution < -0.4 is 5.73 Å². The molecule has 0 aromatic rings. The van der Waals surface area contributed by atoms with Crippen molar-refractivity contribution in [1.82, 2.24) is 0 Å². The lowest BCUT2D eigenvalue weighted by Crippen LogP contribution is -2.47. The Bertz CT molecular complexity index is 307. The van der Waals surface area contributed by atoms with Crippen LogP contribution in [0.25, 0.3) is 0 Å². The van der Waals surface area contributed by atoms with Crippen molar-refractivity contribution in [3.05, 3.63) is 0 Å². The lowest BCUT2D eigenvalue weighted by atomic mass is 9.65. The summed E-state index contributed by atoms with van der Waals surface area (Å²) >= 11 is 3.31. The van der Waals surface area contributed by atoms with Gasteiger partial charge in [-0.05, 0) is 19.8 Å². The molecule has 1 amide bonds. The monoisotopic (exact) mass is 277 g/mol. The van der Waals surface area contributed by atoms with Crippen molar-refractivity contribution in [2.45, 2.75) is 26.7 Å². The number of carboxylic acids is 1. The Hall–Kier alpha value is -0.580. The lowest BCUT2D eigenvalue weighted by Gasteiger charge is -2.39. The van der Waals surface area contributed by atoms with Crippen LogP contribution in [-0.2, 0) is 9.59 Å². The van der Waals surface area contributed by atoms with Crippen molar-refractivity contribution in [3.63, 3.8) is 0 Å². The third kappa shape index (κ3) is 1.57. The van der Waals surface area contributed by atoms with Crippen molar-refractivity contribution < 1.29 is 14.7 Å². The predicted octanol–water partition coefficient (Wildman–Crippen LogP) is 1.37. The Labute approximate surface area is 97.3 Å². The Balaban J connectivity index is 3.16. The molecule has 1 aliphatic carbocycles. The first-order valence-corrected chi connectivity index (χ1v) is 6.00. The number of nitrogens with two attached hydrogens (primary N) is 1. The fraction of sp³-hybridized carbons (Fsp3) is 0.800. The first-order valence-electron chi connectivity index (χ1n) is 4.88. The van der Waals surface area contributed by atoms with Gasteiger partial charge in [-0.1, -0.05) is 22.9 Å². The van der Waals surface area contributed by atoms with Crippen LogP contribution in [0, 0.1) is 16.7 Å². The average molecular weight is 278 g/mol. The summed E-state index contributed by atoms with van der Waals surface area (Å²) in [5.74, 6) is -1.62. The predicted molar refractivity (Wildman–Crippen MR) is 59.6 cm³/mol. The molecule has 0 unspecified atom stereocenters. The summed E-state index contributed by atoms with van der Waals surface area (Å²) in [4.78, 5) is 22.6. The molecule has 4 nitrogen and oxygen atoms in total. The number of carboxylic acid groups (broad SMARTS) is 1. The van der Waals surface area contributed by atoms with Crippen molar-refractivity contribution in [3.8, 4) is 0 Å². The van der Waals surface area contributed by atoms with E-state index in [-0.39, 0.29) is 5.92 Å². The van der Waals surface area contributed by atoms with E-state index in [9.17, 15) is 14.7 Å². The van der Waals surface area contributed by atoms with Gasteiger partial charge in [0, 0.05) is 16.7 Å². The van der Waals surface area contributed by atoms with E-state index in [0.29, 0.717) is 18.2 Å². The van der Waals surface area contributed by atoms with E-state index >= 15 is 0 Å². The molecule has 15 heavy (non-hydrogen) atoms. The van der Waals surface area contributed by atoms with Crippen LogP contribution in [0.15, 0.2) is 0 Å². The smallest absolute Gasteiger partial charge is 0.309 e. The van der Waals surface area contributed by atoms with E-state index in [1.807, 2.05) is 6.92 Å². The fourth-order valence-corrected chi connectivity index (χ4v) is 3.48. The average Bonchev–Trinajstić information content (AvgIpc) is 2.42. The molecule has 0 aliphatic heterocycles. The topological polar surface area (TPSA) is 80.4 Å². The molecule has 0 heterocycles. The number of hydrogen-bond acceptors (Lipinski definition) is 2. The Morgan fingerprint density at radius 2 is 2.07 bits per heavy atom. The zero-order chi connectivity index (χ0) is 11.9. The van der Waals surface area contributed by atoms with Gasteiger partial charge in [0.05, 0.1) is 5.41 Å². The number of carbonyl (C=O) groups is 2. The van der Waals surface area contributed by atoms with Gasteiger partial charge in [0.15, 0.2) is 0 Å². The third-order valence-electron chi connectivity index (χ3n) is 4.06. The summed E-state index contributed by atoms with van der Waals surface area (Å²) < 4.78 is 0. The molecule has 5 heteroatoms. The minimum absolute atomic E-state index is 0.363. The van der Waals surface area contributed by atoms with Gasteiger partial charge in [-0.25, -0.2) is 0 Å². The normalized spacial score (nSPS) is 40.3. The van der Waals surface area contributed by atoms with Gasteiger partial charge >= 0.3 is 5.97 Å². The summed E-state index contributed by atoms with van der Waals surface area (Å²) in [5.41, 5.74) is 3.83. The number of carbonyl (C=O) groups excluding carboxylic acids is 1. The number of aliphatic carboxylic acids is 1. The highest BCUT2D eigenvalue weighted by atomic mass is 79.9. The number of hydrogen-bond donors (Lipinski definition) is 2. The van der Waals surface area contributed by atoms with Crippen LogP contribution in [0.5, 0.6) is 0 Å². The summed E-state index contributed by atoms with van der Waals surface area (Å²) in [6.07, 6.45) is 1.05. The summed E-state index contributed by atoms with van der Waals surface area (Å²) in [6.45, 7) is 3.51. The number of alkyl halides is 1. The molecule has 1 saturated carbocycles. The molecule has 3 atom stereocenters. The summed E-state index contributed by atoms with van der Waals surface area (Å²) in [7, 11) is 0. The molecule has 0 spiro atoms. The second-order valence-electron chi connectivity index (χ2n) is 4.68. The number of rotatable bonds is 3. The molecule has 1 rings (SSSR count). The first kappa shape index (κ1) is 12.5. The highest BCUT2D eigenvalue weighted by Gasteiger charge is 2.59. The second kappa shape index (κ2) is 3.77. The van der Waals surface area contributed by atoms with Crippen molar-refractivity contribution in [2.75, 3.05) is 5.33 Å². The maximum absolute atomic E-state index is 11.3. The molecule has 86 valence electrons. The van der Waals surface area contributed by atoms with Gasteiger partial charge < -0.3 is 10.8 Å². The van der Waals surface area contributed by atoms with Crippen LogP contribution >= 0.6 is 15.9 Å². The molecule has 3 N–H and O–H groups in total. The van der Waals surface area contributed by atoms with Gasteiger partial charge in [0.2, 0.25) is 5.91 Å². The first-order chi connectivity index (χ1) is 6.79. The number of primary amides is 1. The van der Waals surface area contributed by atoms with Crippen LogP contribution in [-0.4, -0.2) is 22.3 Å².